The van der Waals surface area contributed by atoms with E-state index in [1.54, 1.807) is 30.8 Å². The maximum absolute atomic E-state index is 5.30. The van der Waals surface area contributed by atoms with E-state index in [2.05, 4.69) is 15.0 Å². The van der Waals surface area contributed by atoms with Crippen LogP contribution in [0.3, 0.4) is 0 Å². The molecule has 0 aliphatic heterocycles. The first-order chi connectivity index (χ1) is 8.78. The van der Waals surface area contributed by atoms with E-state index in [-0.39, 0.29) is 0 Å². The van der Waals surface area contributed by atoms with Crippen LogP contribution < -0.4 is 4.74 Å². The van der Waals surface area contributed by atoms with Gasteiger partial charge < -0.3 is 4.74 Å². The maximum atomic E-state index is 5.30. The molecule has 0 radical (unpaired) electrons. The number of thiazole rings is 1. The van der Waals surface area contributed by atoms with Crippen molar-refractivity contribution in [1.29, 1.82) is 0 Å². The van der Waals surface area contributed by atoms with Crippen molar-refractivity contribution in [2.75, 3.05) is 7.11 Å². The molecule has 0 amide bonds. The van der Waals surface area contributed by atoms with Crippen LogP contribution in [-0.4, -0.2) is 22.1 Å². The summed E-state index contributed by atoms with van der Waals surface area (Å²) in [5.74, 6) is 0.730. The van der Waals surface area contributed by atoms with Crippen molar-refractivity contribution in [3.05, 3.63) is 36.3 Å². The van der Waals surface area contributed by atoms with Crippen LogP contribution in [-0.2, 0) is 0 Å². The van der Waals surface area contributed by atoms with E-state index in [0.29, 0.717) is 0 Å². The summed E-state index contributed by atoms with van der Waals surface area (Å²) in [6, 6.07) is 3.94. The van der Waals surface area contributed by atoms with E-state index in [1.807, 2.05) is 25.3 Å². The molecule has 0 unspecified atom stereocenters. The number of fused-ring (bicyclic) bond motifs is 1. The molecule has 0 saturated carbocycles. The molecule has 3 aromatic heterocycles. The van der Waals surface area contributed by atoms with Gasteiger partial charge in [0.1, 0.15) is 21.1 Å². The lowest BCUT2D eigenvalue weighted by Crippen LogP contribution is -1.88. The van der Waals surface area contributed by atoms with Crippen LogP contribution >= 0.6 is 11.3 Å². The summed E-state index contributed by atoms with van der Waals surface area (Å²) >= 11 is 1.56. The smallest absolute Gasteiger partial charge is 0.147 e. The molecule has 18 heavy (non-hydrogen) atoms. The minimum Gasteiger partial charge on any atom is -0.494 e. The Kier molecular flexibility index (Phi) is 2.68. The normalized spacial score (nSPS) is 10.8. The molecule has 90 valence electrons. The minimum atomic E-state index is 0.730. The molecule has 0 aliphatic rings. The fraction of sp³-hybridized carbons (Fsp3) is 0.154. The number of nitrogens with zero attached hydrogens (tertiary/aromatic N) is 3. The van der Waals surface area contributed by atoms with Crippen LogP contribution in [0.2, 0.25) is 0 Å². The third kappa shape index (κ3) is 1.82. The number of aryl methyl sites for hydroxylation is 1. The molecule has 0 bridgehead atoms. The largest absolute Gasteiger partial charge is 0.494 e. The summed E-state index contributed by atoms with van der Waals surface area (Å²) < 4.78 is 5.30. The number of rotatable bonds is 2. The van der Waals surface area contributed by atoms with Crippen molar-refractivity contribution in [3.8, 4) is 16.3 Å². The number of hydrogen-bond acceptors (Lipinski definition) is 5. The lowest BCUT2D eigenvalue weighted by molar-refractivity contribution is 0.414. The SMILES string of the molecule is COc1cnccc1-c1nc2cc(C)cnc2s1. The molecule has 0 aromatic carbocycles. The molecule has 0 spiro atoms. The van der Waals surface area contributed by atoms with Crippen molar-refractivity contribution in [3.63, 3.8) is 0 Å². The van der Waals surface area contributed by atoms with Gasteiger partial charge in [-0.05, 0) is 24.6 Å². The summed E-state index contributed by atoms with van der Waals surface area (Å²) in [6.07, 6.45) is 5.29. The van der Waals surface area contributed by atoms with Gasteiger partial charge in [-0.15, -0.1) is 0 Å². The van der Waals surface area contributed by atoms with E-state index in [9.17, 15) is 0 Å². The molecule has 0 N–H and O–H groups in total. The van der Waals surface area contributed by atoms with E-state index < -0.39 is 0 Å². The van der Waals surface area contributed by atoms with E-state index >= 15 is 0 Å². The standard InChI is InChI=1S/C13H11N3OS/c1-8-5-10-13(15-6-8)18-12(16-10)9-3-4-14-7-11(9)17-2/h3-7H,1-2H3. The second-order valence-electron chi connectivity index (χ2n) is 3.93. The Bertz CT molecular complexity index is 708. The lowest BCUT2D eigenvalue weighted by atomic mass is 10.2. The topological polar surface area (TPSA) is 47.9 Å². The van der Waals surface area contributed by atoms with E-state index in [0.717, 1.165) is 32.2 Å². The predicted octanol–water partition coefficient (Wildman–Crippen LogP) is 3.07. The molecule has 3 aromatic rings. The monoisotopic (exact) mass is 257 g/mol. The predicted molar refractivity (Wildman–Crippen MR) is 71.9 cm³/mol. The Hall–Kier alpha value is -2.01. The maximum Gasteiger partial charge on any atom is 0.147 e. The first-order valence-electron chi connectivity index (χ1n) is 5.49. The van der Waals surface area contributed by atoms with Gasteiger partial charge in [-0.2, -0.15) is 0 Å². The molecule has 0 saturated heterocycles. The zero-order valence-electron chi connectivity index (χ0n) is 10.0. The van der Waals surface area contributed by atoms with Gasteiger partial charge in [-0.1, -0.05) is 11.3 Å². The Morgan fingerprint density at radius 2 is 2.17 bits per heavy atom. The average molecular weight is 257 g/mol. The van der Waals surface area contributed by atoms with Gasteiger partial charge >= 0.3 is 0 Å². The Morgan fingerprint density at radius 3 is 3.00 bits per heavy atom. The number of ether oxygens (including phenoxy) is 1. The second-order valence-corrected chi connectivity index (χ2v) is 4.91. The number of hydrogen-bond donors (Lipinski definition) is 0. The molecule has 3 rings (SSSR count). The first kappa shape index (κ1) is 11.1. The highest BCUT2D eigenvalue weighted by Crippen LogP contribution is 2.34. The van der Waals surface area contributed by atoms with Gasteiger partial charge in [0.15, 0.2) is 0 Å². The third-order valence-corrected chi connectivity index (χ3v) is 3.63. The van der Waals surface area contributed by atoms with E-state index in [4.69, 9.17) is 4.74 Å². The molecular formula is C13H11N3OS. The summed E-state index contributed by atoms with van der Waals surface area (Å²) in [5.41, 5.74) is 2.99. The Balaban J connectivity index is 2.19. The van der Waals surface area contributed by atoms with Crippen molar-refractivity contribution in [1.82, 2.24) is 15.0 Å². The summed E-state index contributed by atoms with van der Waals surface area (Å²) in [6.45, 7) is 2.01. The first-order valence-corrected chi connectivity index (χ1v) is 6.31. The van der Waals surface area contributed by atoms with Gasteiger partial charge in [0.2, 0.25) is 0 Å². The van der Waals surface area contributed by atoms with E-state index in [1.165, 1.54) is 0 Å². The molecule has 5 heteroatoms. The summed E-state index contributed by atoms with van der Waals surface area (Å²) in [4.78, 5) is 14.0. The Labute approximate surface area is 108 Å². The van der Waals surface area contributed by atoms with Crippen molar-refractivity contribution in [2.24, 2.45) is 0 Å². The van der Waals surface area contributed by atoms with Gasteiger partial charge in [-0.25, -0.2) is 9.97 Å². The van der Waals surface area contributed by atoms with Gasteiger partial charge in [0.25, 0.3) is 0 Å². The molecule has 0 atom stereocenters. The van der Waals surface area contributed by atoms with Crippen molar-refractivity contribution in [2.45, 2.75) is 6.92 Å². The summed E-state index contributed by atoms with van der Waals surface area (Å²) in [7, 11) is 1.64. The average Bonchev–Trinajstić information content (AvgIpc) is 2.81. The molecular weight excluding hydrogens is 246 g/mol. The number of methoxy groups -OCH3 is 1. The number of pyridine rings is 2. The van der Waals surface area contributed by atoms with Crippen molar-refractivity contribution < 1.29 is 4.74 Å². The highest BCUT2D eigenvalue weighted by Gasteiger charge is 2.11. The molecule has 0 fully saturated rings. The second kappa shape index (κ2) is 4.34. The van der Waals surface area contributed by atoms with Crippen molar-refractivity contribution >= 4 is 21.7 Å². The van der Waals surface area contributed by atoms with Crippen LogP contribution in [0.15, 0.2) is 30.7 Å². The van der Waals surface area contributed by atoms with Crippen LogP contribution in [0, 0.1) is 6.92 Å². The minimum absolute atomic E-state index is 0.730. The quantitative estimate of drug-likeness (QED) is 0.708. The van der Waals surface area contributed by atoms with Crippen LogP contribution in [0.1, 0.15) is 5.56 Å². The zero-order chi connectivity index (χ0) is 12.5. The fourth-order valence-corrected chi connectivity index (χ4v) is 2.68. The highest BCUT2D eigenvalue weighted by atomic mass is 32.1. The van der Waals surface area contributed by atoms with Gasteiger partial charge in [0.05, 0.1) is 18.9 Å². The lowest BCUT2D eigenvalue weighted by Gasteiger charge is -2.03. The van der Waals surface area contributed by atoms with Gasteiger partial charge in [0, 0.05) is 12.4 Å². The molecule has 4 nitrogen and oxygen atoms in total. The van der Waals surface area contributed by atoms with Crippen LogP contribution in [0.5, 0.6) is 5.75 Å². The zero-order valence-corrected chi connectivity index (χ0v) is 10.9. The summed E-state index contributed by atoms with van der Waals surface area (Å²) in [5, 5.41) is 0.905. The van der Waals surface area contributed by atoms with Crippen LogP contribution in [0.4, 0.5) is 0 Å². The third-order valence-electron chi connectivity index (χ3n) is 2.62. The van der Waals surface area contributed by atoms with Crippen LogP contribution in [0.25, 0.3) is 20.9 Å². The van der Waals surface area contributed by atoms with Gasteiger partial charge in [-0.3, -0.25) is 4.98 Å². The Morgan fingerprint density at radius 1 is 1.28 bits per heavy atom. The highest BCUT2D eigenvalue weighted by molar-refractivity contribution is 7.21. The molecule has 0 aliphatic carbocycles. The fourth-order valence-electron chi connectivity index (χ4n) is 1.76. The number of aromatic nitrogens is 3. The molecule has 3 heterocycles.